The molecule has 0 spiro atoms. The van der Waals surface area contributed by atoms with Crippen LogP contribution in [0.2, 0.25) is 0 Å². The third kappa shape index (κ3) is 3.72. The number of nitro groups is 1. The van der Waals surface area contributed by atoms with Gasteiger partial charge in [0, 0.05) is 44.0 Å². The summed E-state index contributed by atoms with van der Waals surface area (Å²) in [5.41, 5.74) is 1.20. The fourth-order valence-electron chi connectivity index (χ4n) is 2.60. The van der Waals surface area contributed by atoms with E-state index in [1.165, 1.54) is 18.3 Å². The first kappa shape index (κ1) is 17.9. The zero-order valence-electron chi connectivity index (χ0n) is 13.1. The minimum Gasteiger partial charge on any atom is -0.336 e. The summed E-state index contributed by atoms with van der Waals surface area (Å²) in [5.74, 6) is -0.0495. The highest BCUT2D eigenvalue weighted by molar-refractivity contribution is 5.94. The number of rotatable bonds is 3. The van der Waals surface area contributed by atoms with Gasteiger partial charge in [-0.25, -0.2) is 4.68 Å². The number of piperazine rings is 1. The number of nitrogens with zero attached hydrogens (tertiary/aromatic N) is 4. The molecule has 0 saturated carbocycles. The van der Waals surface area contributed by atoms with Crippen molar-refractivity contribution >= 4 is 24.0 Å². The fourth-order valence-corrected chi connectivity index (χ4v) is 2.60. The molecule has 2 heterocycles. The number of carbonyl (C=O) groups is 1. The largest absolute Gasteiger partial charge is 0.336 e. The molecule has 1 unspecified atom stereocenters. The van der Waals surface area contributed by atoms with Crippen LogP contribution in [0, 0.1) is 10.1 Å². The van der Waals surface area contributed by atoms with Crippen molar-refractivity contribution < 1.29 is 9.72 Å². The molecule has 128 valence electrons. The average Bonchev–Trinajstić information content (AvgIpc) is 3.04. The minimum atomic E-state index is -0.451. The van der Waals surface area contributed by atoms with Gasteiger partial charge < -0.3 is 10.2 Å². The highest BCUT2D eigenvalue weighted by Crippen LogP contribution is 2.16. The highest BCUT2D eigenvalue weighted by atomic mass is 35.5. The van der Waals surface area contributed by atoms with E-state index in [9.17, 15) is 14.9 Å². The second kappa shape index (κ2) is 7.41. The molecule has 1 fully saturated rings. The van der Waals surface area contributed by atoms with Crippen LogP contribution in [0.3, 0.4) is 0 Å². The molecule has 1 aromatic carbocycles. The first-order valence-corrected chi connectivity index (χ1v) is 7.37. The SMILES string of the molecule is CC1CN(C(=O)c2cnn(-c3ccc([N+](=O)[O-])cc3)c2)CCN1.Cl. The third-order valence-corrected chi connectivity index (χ3v) is 3.81. The average molecular weight is 352 g/mol. The number of nitro benzene ring substituents is 1. The van der Waals surface area contributed by atoms with E-state index in [1.807, 2.05) is 6.92 Å². The van der Waals surface area contributed by atoms with Gasteiger partial charge in [-0.3, -0.25) is 14.9 Å². The first-order chi connectivity index (χ1) is 11.0. The van der Waals surface area contributed by atoms with Crippen molar-refractivity contribution in [2.75, 3.05) is 19.6 Å². The quantitative estimate of drug-likeness (QED) is 0.670. The lowest BCUT2D eigenvalue weighted by Crippen LogP contribution is -2.51. The number of benzene rings is 1. The number of amides is 1. The topological polar surface area (TPSA) is 93.3 Å². The van der Waals surface area contributed by atoms with Crippen molar-refractivity contribution in [2.45, 2.75) is 13.0 Å². The maximum absolute atomic E-state index is 12.5. The number of hydrogen-bond donors (Lipinski definition) is 1. The van der Waals surface area contributed by atoms with Crippen LogP contribution >= 0.6 is 12.4 Å². The summed E-state index contributed by atoms with van der Waals surface area (Å²) in [6, 6.07) is 6.31. The molecule has 0 aliphatic carbocycles. The first-order valence-electron chi connectivity index (χ1n) is 7.37. The number of halogens is 1. The van der Waals surface area contributed by atoms with E-state index >= 15 is 0 Å². The molecule has 2 aromatic rings. The van der Waals surface area contributed by atoms with Crippen molar-refractivity contribution in [1.82, 2.24) is 20.0 Å². The molecule has 24 heavy (non-hydrogen) atoms. The van der Waals surface area contributed by atoms with Crippen molar-refractivity contribution in [2.24, 2.45) is 0 Å². The molecule has 1 saturated heterocycles. The Balaban J connectivity index is 0.00000208. The van der Waals surface area contributed by atoms with Crippen LogP contribution in [0.25, 0.3) is 5.69 Å². The number of aromatic nitrogens is 2. The number of non-ortho nitro benzene ring substituents is 1. The smallest absolute Gasteiger partial charge is 0.269 e. The molecule has 8 nitrogen and oxygen atoms in total. The van der Waals surface area contributed by atoms with Gasteiger partial charge in [-0.2, -0.15) is 5.10 Å². The number of nitrogens with one attached hydrogen (secondary N) is 1. The third-order valence-electron chi connectivity index (χ3n) is 3.81. The van der Waals surface area contributed by atoms with Gasteiger partial charge in [-0.15, -0.1) is 12.4 Å². The molecule has 9 heteroatoms. The zero-order valence-corrected chi connectivity index (χ0v) is 13.9. The summed E-state index contributed by atoms with van der Waals surface area (Å²) in [5, 5.41) is 18.1. The van der Waals surface area contributed by atoms with Crippen LogP contribution in [0.4, 0.5) is 5.69 Å². The Hall–Kier alpha value is -2.45. The van der Waals surface area contributed by atoms with Gasteiger partial charge in [0.25, 0.3) is 11.6 Å². The van der Waals surface area contributed by atoms with Gasteiger partial charge in [-0.1, -0.05) is 0 Å². The molecule has 0 radical (unpaired) electrons. The van der Waals surface area contributed by atoms with E-state index < -0.39 is 4.92 Å². The van der Waals surface area contributed by atoms with Crippen LogP contribution in [-0.4, -0.2) is 51.2 Å². The summed E-state index contributed by atoms with van der Waals surface area (Å²) in [4.78, 5) is 24.5. The van der Waals surface area contributed by atoms with Crippen LogP contribution < -0.4 is 5.32 Å². The lowest BCUT2D eigenvalue weighted by atomic mass is 10.2. The normalized spacial score (nSPS) is 17.2. The van der Waals surface area contributed by atoms with E-state index in [2.05, 4.69) is 10.4 Å². The van der Waals surface area contributed by atoms with Gasteiger partial charge in [-0.05, 0) is 19.1 Å². The lowest BCUT2D eigenvalue weighted by Gasteiger charge is -2.31. The van der Waals surface area contributed by atoms with E-state index in [4.69, 9.17) is 0 Å². The minimum absolute atomic E-state index is 0. The molecule has 3 rings (SSSR count). The van der Waals surface area contributed by atoms with Crippen molar-refractivity contribution in [1.29, 1.82) is 0 Å². The second-order valence-corrected chi connectivity index (χ2v) is 5.55. The standard InChI is InChI=1S/C15H17N5O3.ClH/c1-11-9-18(7-6-16-11)15(21)12-8-17-19(10-12)13-2-4-14(5-3-13)20(22)23;/h2-5,8,10-11,16H,6-7,9H2,1H3;1H. The van der Waals surface area contributed by atoms with Crippen LogP contribution in [-0.2, 0) is 0 Å². The van der Waals surface area contributed by atoms with E-state index in [-0.39, 0.29) is 30.0 Å². The molecular weight excluding hydrogens is 334 g/mol. The summed E-state index contributed by atoms with van der Waals surface area (Å²) in [7, 11) is 0. The lowest BCUT2D eigenvalue weighted by molar-refractivity contribution is -0.384. The summed E-state index contributed by atoms with van der Waals surface area (Å²) < 4.78 is 1.54. The predicted molar refractivity (Wildman–Crippen MR) is 90.8 cm³/mol. The number of carbonyl (C=O) groups excluding carboxylic acids is 1. The molecule has 1 atom stereocenters. The van der Waals surface area contributed by atoms with Crippen molar-refractivity contribution in [3.05, 3.63) is 52.3 Å². The predicted octanol–water partition coefficient (Wildman–Crippen LogP) is 1.64. The Kier molecular flexibility index (Phi) is 5.53. The van der Waals surface area contributed by atoms with E-state index in [1.54, 1.807) is 27.9 Å². The summed E-state index contributed by atoms with van der Waals surface area (Å²) in [6.07, 6.45) is 3.17. The Labute approximate surface area is 145 Å². The summed E-state index contributed by atoms with van der Waals surface area (Å²) >= 11 is 0. The molecule has 1 aliphatic rings. The monoisotopic (exact) mass is 351 g/mol. The van der Waals surface area contributed by atoms with Crippen molar-refractivity contribution in [3.63, 3.8) is 0 Å². The Bertz CT molecular complexity index is 731. The van der Waals surface area contributed by atoms with E-state index in [0.717, 1.165) is 6.54 Å². The molecular formula is C15H18ClN5O3. The van der Waals surface area contributed by atoms with Crippen LogP contribution in [0.5, 0.6) is 0 Å². The van der Waals surface area contributed by atoms with Gasteiger partial charge in [0.1, 0.15) is 0 Å². The van der Waals surface area contributed by atoms with E-state index in [0.29, 0.717) is 24.3 Å². The Morgan fingerprint density at radius 3 is 2.71 bits per heavy atom. The second-order valence-electron chi connectivity index (χ2n) is 5.55. The van der Waals surface area contributed by atoms with Crippen molar-refractivity contribution in [3.8, 4) is 5.69 Å². The molecule has 1 N–H and O–H groups in total. The molecule has 1 amide bonds. The van der Waals surface area contributed by atoms with Gasteiger partial charge in [0.2, 0.25) is 0 Å². The van der Waals surface area contributed by atoms with Gasteiger partial charge in [0.05, 0.1) is 22.4 Å². The highest BCUT2D eigenvalue weighted by Gasteiger charge is 2.22. The Morgan fingerprint density at radius 1 is 1.38 bits per heavy atom. The zero-order chi connectivity index (χ0) is 16.4. The molecule has 1 aromatic heterocycles. The Morgan fingerprint density at radius 2 is 2.08 bits per heavy atom. The van der Waals surface area contributed by atoms with Gasteiger partial charge >= 0.3 is 0 Å². The molecule has 0 bridgehead atoms. The maximum Gasteiger partial charge on any atom is 0.269 e. The van der Waals surface area contributed by atoms with Gasteiger partial charge in [0.15, 0.2) is 0 Å². The maximum atomic E-state index is 12.5. The molecule has 1 aliphatic heterocycles. The van der Waals surface area contributed by atoms with Crippen LogP contribution in [0.1, 0.15) is 17.3 Å². The van der Waals surface area contributed by atoms with Crippen LogP contribution in [0.15, 0.2) is 36.7 Å². The summed E-state index contributed by atoms with van der Waals surface area (Å²) in [6.45, 7) is 4.16. The fraction of sp³-hybridized carbons (Fsp3) is 0.333. The number of hydrogen-bond acceptors (Lipinski definition) is 5.